The van der Waals surface area contributed by atoms with E-state index in [1.165, 1.54) is 0 Å². The number of rotatable bonds is 0. The molecule has 0 aromatic rings. The molecule has 17 heteroatoms. The fourth-order valence-corrected chi connectivity index (χ4v) is 0. The molecule has 0 aliphatic carbocycles. The van der Waals surface area contributed by atoms with Crippen LogP contribution in [0.3, 0.4) is 0 Å². The first-order chi connectivity index (χ1) is 6.93. The maximum absolute atomic E-state index is 8.56. The summed E-state index contributed by atoms with van der Waals surface area (Å²) in [4.78, 5) is 0. The van der Waals surface area contributed by atoms with Crippen LogP contribution >= 0.6 is 0 Å². The minimum Gasteiger partial charge on any atom is -0.750 e. The van der Waals surface area contributed by atoms with E-state index in [1.807, 2.05) is 0 Å². The molecule has 4 unspecified atom stereocenters. The van der Waals surface area contributed by atoms with Crippen LogP contribution in [-0.2, 0) is 67.2 Å². The van der Waals surface area contributed by atoms with Gasteiger partial charge in [-0.2, -0.15) is 0 Å². The molecule has 104 valence electrons. The molecule has 0 aliphatic heterocycles. The largest absolute Gasteiger partial charge is 4.00 e. The SMILES string of the molecule is O=S([O-])O.O=S([O-])O.O=S([O-])O.O=S([O-])O.[Ti+4]. The van der Waals surface area contributed by atoms with Crippen molar-refractivity contribution in [2.75, 3.05) is 0 Å². The molecule has 0 aromatic carbocycles. The second-order valence-corrected chi connectivity index (χ2v) is 2.61. The van der Waals surface area contributed by atoms with Gasteiger partial charge in [0.25, 0.3) is 0 Å². The Morgan fingerprint density at radius 1 is 0.529 bits per heavy atom. The smallest absolute Gasteiger partial charge is 0.750 e. The minimum absolute atomic E-state index is 0. The van der Waals surface area contributed by atoms with Gasteiger partial charge in [0.1, 0.15) is 0 Å². The summed E-state index contributed by atoms with van der Waals surface area (Å²) in [5.41, 5.74) is 0. The summed E-state index contributed by atoms with van der Waals surface area (Å²) in [5.74, 6) is 0. The van der Waals surface area contributed by atoms with Gasteiger partial charge < -0.3 is 36.4 Å². The Morgan fingerprint density at radius 3 is 0.529 bits per heavy atom. The molecule has 0 radical (unpaired) electrons. The van der Waals surface area contributed by atoms with Crippen LogP contribution in [0.25, 0.3) is 0 Å². The average Bonchev–Trinajstić information content (AvgIpc) is 1.76. The molecular formula is H4O12S4Ti. The van der Waals surface area contributed by atoms with Crippen molar-refractivity contribution < 1.29 is 75.0 Å². The maximum atomic E-state index is 8.56. The standard InChI is InChI=1S/4H2O3S.Ti/c4*1-4(2)3;/h4*(H2,1,2,3);/q;;;;+4/p-4. The average molecular weight is 372 g/mol. The zero-order chi connectivity index (χ0) is 14.3. The van der Waals surface area contributed by atoms with Gasteiger partial charge in [0.05, 0.1) is 45.4 Å². The fourth-order valence-electron chi connectivity index (χ4n) is 0. The monoisotopic (exact) mass is 372 g/mol. The molecule has 4 atom stereocenters. The summed E-state index contributed by atoms with van der Waals surface area (Å²) in [7, 11) is 0. The van der Waals surface area contributed by atoms with Crippen LogP contribution in [-0.4, -0.2) is 53.3 Å². The predicted molar refractivity (Wildman–Crippen MR) is 46.2 cm³/mol. The van der Waals surface area contributed by atoms with Crippen molar-refractivity contribution in [1.82, 2.24) is 0 Å². The molecule has 0 fully saturated rings. The van der Waals surface area contributed by atoms with Crippen LogP contribution in [0.2, 0.25) is 0 Å². The molecule has 0 spiro atoms. The van der Waals surface area contributed by atoms with Crippen molar-refractivity contribution in [1.29, 1.82) is 0 Å². The summed E-state index contributed by atoms with van der Waals surface area (Å²) < 4.78 is 96.3. The molecule has 0 aromatic heterocycles. The van der Waals surface area contributed by atoms with Gasteiger partial charge in [-0.1, -0.05) is 0 Å². The molecule has 0 amide bonds. The van der Waals surface area contributed by atoms with E-state index in [2.05, 4.69) is 0 Å². The molecule has 12 nitrogen and oxygen atoms in total. The van der Waals surface area contributed by atoms with Crippen molar-refractivity contribution in [2.24, 2.45) is 0 Å². The van der Waals surface area contributed by atoms with Crippen LogP contribution in [0.1, 0.15) is 0 Å². The third kappa shape index (κ3) is 3860. The van der Waals surface area contributed by atoms with Gasteiger partial charge in [0.2, 0.25) is 0 Å². The Hall–Kier alpha value is 0.994. The van der Waals surface area contributed by atoms with Crippen LogP contribution in [0.15, 0.2) is 0 Å². The summed E-state index contributed by atoms with van der Waals surface area (Å²) in [6.45, 7) is 0. The Labute approximate surface area is 120 Å². The second kappa shape index (κ2) is 25.7. The van der Waals surface area contributed by atoms with Gasteiger partial charge in [-0.3, -0.25) is 0 Å². The third-order valence-corrected chi connectivity index (χ3v) is 0. The summed E-state index contributed by atoms with van der Waals surface area (Å²) in [5, 5.41) is 0. The molecule has 4 N–H and O–H groups in total. The third-order valence-electron chi connectivity index (χ3n) is 0. The Balaban J connectivity index is -0.0000000369. The molecule has 0 heterocycles. The van der Waals surface area contributed by atoms with Crippen molar-refractivity contribution in [3.63, 3.8) is 0 Å². The fraction of sp³-hybridized carbons (Fsp3) is 0. The zero-order valence-corrected chi connectivity index (χ0v) is 12.0. The first-order valence-corrected chi connectivity index (χ1v) is 6.19. The van der Waals surface area contributed by atoms with E-state index in [0.29, 0.717) is 0 Å². The Morgan fingerprint density at radius 2 is 0.529 bits per heavy atom. The van der Waals surface area contributed by atoms with E-state index in [1.54, 1.807) is 0 Å². The predicted octanol–water partition coefficient (Wildman–Crippen LogP) is -2.65. The van der Waals surface area contributed by atoms with Crippen LogP contribution < -0.4 is 0 Å². The molecule has 0 saturated heterocycles. The zero-order valence-electron chi connectivity index (χ0n) is 7.19. The van der Waals surface area contributed by atoms with E-state index in [4.69, 9.17) is 53.3 Å². The Bertz CT molecular complexity index is 159. The number of hydrogen-bond acceptors (Lipinski definition) is 8. The summed E-state index contributed by atoms with van der Waals surface area (Å²) in [6.07, 6.45) is 0. The quantitative estimate of drug-likeness (QED) is 0.252. The topological polar surface area (TPSA) is 241 Å². The van der Waals surface area contributed by atoms with Crippen LogP contribution in [0.4, 0.5) is 0 Å². The molecular weight excluding hydrogens is 368 g/mol. The minimum atomic E-state index is -2.86. The van der Waals surface area contributed by atoms with E-state index in [0.717, 1.165) is 0 Å². The maximum Gasteiger partial charge on any atom is 4.00 e. The molecule has 0 saturated carbocycles. The van der Waals surface area contributed by atoms with Gasteiger partial charge in [-0.25, -0.2) is 16.8 Å². The van der Waals surface area contributed by atoms with Crippen molar-refractivity contribution in [3.8, 4) is 0 Å². The first-order valence-electron chi connectivity index (χ1n) is 2.06. The van der Waals surface area contributed by atoms with Gasteiger partial charge in [-0.05, 0) is 0 Å². The molecule has 17 heavy (non-hydrogen) atoms. The van der Waals surface area contributed by atoms with E-state index < -0.39 is 45.4 Å². The normalized spacial score (nSPS) is 14.6. The second-order valence-electron chi connectivity index (χ2n) is 0.868. The van der Waals surface area contributed by atoms with E-state index in [-0.39, 0.29) is 21.7 Å². The van der Waals surface area contributed by atoms with E-state index in [9.17, 15) is 0 Å². The molecule has 0 bridgehead atoms. The Kier molecular flexibility index (Phi) is 46.6. The van der Waals surface area contributed by atoms with Gasteiger partial charge in [0, 0.05) is 0 Å². The molecule has 0 aliphatic rings. The van der Waals surface area contributed by atoms with Crippen molar-refractivity contribution in [2.45, 2.75) is 0 Å². The first kappa shape index (κ1) is 30.8. The van der Waals surface area contributed by atoms with Crippen LogP contribution in [0, 0.1) is 0 Å². The summed E-state index contributed by atoms with van der Waals surface area (Å²) >= 11 is -11.4. The van der Waals surface area contributed by atoms with Gasteiger partial charge in [-0.15, -0.1) is 0 Å². The van der Waals surface area contributed by atoms with E-state index >= 15 is 0 Å². The van der Waals surface area contributed by atoms with Gasteiger partial charge >= 0.3 is 21.7 Å². The van der Waals surface area contributed by atoms with Crippen molar-refractivity contribution >= 4 is 45.4 Å². The summed E-state index contributed by atoms with van der Waals surface area (Å²) in [6, 6.07) is 0. The molecule has 0 rings (SSSR count). The van der Waals surface area contributed by atoms with Crippen molar-refractivity contribution in [3.05, 3.63) is 0 Å². The number of hydrogen-bond donors (Lipinski definition) is 4. The van der Waals surface area contributed by atoms with Crippen LogP contribution in [0.5, 0.6) is 0 Å². The van der Waals surface area contributed by atoms with Gasteiger partial charge in [0.15, 0.2) is 0 Å².